The molecule has 0 bridgehead atoms. The Morgan fingerprint density at radius 2 is 2.16 bits per heavy atom. The molecule has 1 N–H and O–H groups in total. The molecule has 2 rings (SSSR count). The molecule has 0 unspecified atom stereocenters. The number of nitrogens with one attached hydrogen (secondary N) is 1. The number of nitrogens with zero attached hydrogens (tertiary/aromatic N) is 1. The predicted octanol–water partition coefficient (Wildman–Crippen LogP) is 3.28. The summed E-state index contributed by atoms with van der Waals surface area (Å²) in [6.07, 6.45) is 1.49. The van der Waals surface area contributed by atoms with Crippen LogP contribution in [0, 0.1) is 5.92 Å². The van der Waals surface area contributed by atoms with Crippen LogP contribution in [0.1, 0.15) is 42.6 Å². The molecule has 0 saturated carbocycles. The van der Waals surface area contributed by atoms with Gasteiger partial charge in [-0.05, 0) is 36.1 Å². The summed E-state index contributed by atoms with van der Waals surface area (Å²) in [6.45, 7) is 4.78. The Morgan fingerprint density at radius 3 is 2.84 bits per heavy atom. The fraction of sp³-hybridized carbons (Fsp3) is 0.467. The van der Waals surface area contributed by atoms with E-state index in [9.17, 15) is 9.59 Å². The number of anilines is 1. The highest BCUT2D eigenvalue weighted by atomic mass is 16.2. The van der Waals surface area contributed by atoms with Crippen molar-refractivity contribution < 1.29 is 9.59 Å². The van der Waals surface area contributed by atoms with Crippen LogP contribution in [0.5, 0.6) is 0 Å². The van der Waals surface area contributed by atoms with Crippen LogP contribution in [0.2, 0.25) is 0 Å². The van der Waals surface area contributed by atoms with Gasteiger partial charge in [0, 0.05) is 31.3 Å². The van der Waals surface area contributed by atoms with Crippen molar-refractivity contribution in [1.82, 2.24) is 4.90 Å². The summed E-state index contributed by atoms with van der Waals surface area (Å²) in [4.78, 5) is 25.2. The van der Waals surface area contributed by atoms with E-state index in [1.807, 2.05) is 12.1 Å². The largest absolute Gasteiger partial charge is 0.323 e. The van der Waals surface area contributed by atoms with Crippen LogP contribution in [0.15, 0.2) is 18.2 Å². The third kappa shape index (κ3) is 3.13. The Labute approximate surface area is 113 Å². The van der Waals surface area contributed by atoms with Crippen molar-refractivity contribution in [2.24, 2.45) is 5.92 Å². The van der Waals surface area contributed by atoms with E-state index in [-0.39, 0.29) is 11.8 Å². The first kappa shape index (κ1) is 13.6. The minimum absolute atomic E-state index is 0.105. The zero-order valence-corrected chi connectivity index (χ0v) is 11.7. The molecule has 0 radical (unpaired) electrons. The SMILES string of the molecule is CC(C)CCC(=O)c1ccc2c(c1)CN(C)C(=O)N2. The van der Waals surface area contributed by atoms with Crippen molar-refractivity contribution in [1.29, 1.82) is 0 Å². The zero-order chi connectivity index (χ0) is 14.0. The van der Waals surface area contributed by atoms with Crippen molar-refractivity contribution in [3.8, 4) is 0 Å². The van der Waals surface area contributed by atoms with Crippen molar-refractivity contribution >= 4 is 17.5 Å². The number of Topliss-reactive ketones (excluding diaryl/α,β-unsaturated/α-hetero) is 1. The van der Waals surface area contributed by atoms with Crippen molar-refractivity contribution in [3.63, 3.8) is 0 Å². The monoisotopic (exact) mass is 260 g/mol. The van der Waals surface area contributed by atoms with Gasteiger partial charge in [0.15, 0.2) is 5.78 Å². The topological polar surface area (TPSA) is 49.4 Å². The molecular weight excluding hydrogens is 240 g/mol. The van der Waals surface area contributed by atoms with Crippen LogP contribution in [0.25, 0.3) is 0 Å². The van der Waals surface area contributed by atoms with E-state index in [2.05, 4.69) is 19.2 Å². The first-order chi connectivity index (χ1) is 8.97. The van der Waals surface area contributed by atoms with Gasteiger partial charge in [0.2, 0.25) is 0 Å². The molecule has 0 saturated heterocycles. The fourth-order valence-electron chi connectivity index (χ4n) is 2.12. The molecule has 1 aliphatic heterocycles. The highest BCUT2D eigenvalue weighted by Gasteiger charge is 2.20. The van der Waals surface area contributed by atoms with Gasteiger partial charge in [-0.2, -0.15) is 0 Å². The zero-order valence-electron chi connectivity index (χ0n) is 11.7. The quantitative estimate of drug-likeness (QED) is 0.844. The maximum Gasteiger partial charge on any atom is 0.321 e. The molecule has 1 heterocycles. The van der Waals surface area contributed by atoms with Gasteiger partial charge in [-0.1, -0.05) is 13.8 Å². The molecule has 19 heavy (non-hydrogen) atoms. The second-order valence-corrected chi connectivity index (χ2v) is 5.51. The molecule has 0 fully saturated rings. The Balaban J connectivity index is 2.15. The van der Waals surface area contributed by atoms with Crippen LogP contribution in [0.4, 0.5) is 10.5 Å². The van der Waals surface area contributed by atoms with Crippen LogP contribution < -0.4 is 5.32 Å². The van der Waals surface area contributed by atoms with Gasteiger partial charge in [0.25, 0.3) is 0 Å². The number of urea groups is 1. The summed E-state index contributed by atoms with van der Waals surface area (Å²) in [7, 11) is 1.74. The molecule has 0 spiro atoms. The average Bonchev–Trinajstić information content (AvgIpc) is 2.36. The van der Waals surface area contributed by atoms with E-state index in [0.717, 1.165) is 23.2 Å². The maximum absolute atomic E-state index is 12.1. The van der Waals surface area contributed by atoms with Gasteiger partial charge >= 0.3 is 6.03 Å². The third-order valence-electron chi connectivity index (χ3n) is 3.37. The maximum atomic E-state index is 12.1. The Bertz CT molecular complexity index is 509. The van der Waals surface area contributed by atoms with Gasteiger partial charge in [-0.3, -0.25) is 4.79 Å². The molecule has 102 valence electrons. The first-order valence-corrected chi connectivity index (χ1v) is 6.65. The molecular formula is C15H20N2O2. The lowest BCUT2D eigenvalue weighted by Gasteiger charge is -2.26. The molecule has 4 heteroatoms. The number of benzene rings is 1. The van der Waals surface area contributed by atoms with E-state index in [0.29, 0.717) is 18.9 Å². The van der Waals surface area contributed by atoms with Gasteiger partial charge in [-0.25, -0.2) is 4.79 Å². The molecule has 0 aliphatic carbocycles. The van der Waals surface area contributed by atoms with Gasteiger partial charge in [0.05, 0.1) is 0 Å². The number of carbonyl (C=O) groups excluding carboxylic acids is 2. The summed E-state index contributed by atoms with van der Waals surface area (Å²) in [5.74, 6) is 0.711. The van der Waals surface area contributed by atoms with Crippen LogP contribution in [0.3, 0.4) is 0 Å². The van der Waals surface area contributed by atoms with Crippen molar-refractivity contribution in [2.45, 2.75) is 33.2 Å². The van der Waals surface area contributed by atoms with Crippen molar-refractivity contribution in [2.75, 3.05) is 12.4 Å². The number of hydrogen-bond donors (Lipinski definition) is 1. The highest BCUT2D eigenvalue weighted by molar-refractivity contribution is 5.98. The number of carbonyl (C=O) groups is 2. The van der Waals surface area contributed by atoms with Gasteiger partial charge < -0.3 is 10.2 Å². The van der Waals surface area contributed by atoms with Crippen LogP contribution >= 0.6 is 0 Å². The van der Waals surface area contributed by atoms with Gasteiger partial charge in [0.1, 0.15) is 0 Å². The average molecular weight is 260 g/mol. The Kier molecular flexibility index (Phi) is 3.88. The normalized spacial score (nSPS) is 14.3. The summed E-state index contributed by atoms with van der Waals surface area (Å²) < 4.78 is 0. The lowest BCUT2D eigenvalue weighted by Crippen LogP contribution is -2.35. The van der Waals surface area contributed by atoms with E-state index in [1.54, 1.807) is 18.0 Å². The molecule has 4 nitrogen and oxygen atoms in total. The van der Waals surface area contributed by atoms with Crippen LogP contribution in [-0.4, -0.2) is 23.8 Å². The lowest BCUT2D eigenvalue weighted by atomic mass is 9.98. The lowest BCUT2D eigenvalue weighted by molar-refractivity contribution is 0.0975. The molecule has 2 amide bonds. The molecule has 0 aromatic heterocycles. The Morgan fingerprint density at radius 1 is 1.42 bits per heavy atom. The van der Waals surface area contributed by atoms with E-state index in [1.165, 1.54) is 0 Å². The van der Waals surface area contributed by atoms with Crippen LogP contribution in [-0.2, 0) is 6.54 Å². The smallest absolute Gasteiger partial charge is 0.321 e. The Hall–Kier alpha value is -1.84. The number of fused-ring (bicyclic) bond motifs is 1. The summed E-state index contributed by atoms with van der Waals surface area (Å²) in [6, 6.07) is 5.41. The summed E-state index contributed by atoms with van der Waals surface area (Å²) in [5.41, 5.74) is 2.55. The first-order valence-electron chi connectivity index (χ1n) is 6.65. The summed E-state index contributed by atoms with van der Waals surface area (Å²) >= 11 is 0. The van der Waals surface area contributed by atoms with E-state index in [4.69, 9.17) is 0 Å². The highest BCUT2D eigenvalue weighted by Crippen LogP contribution is 2.24. The fourth-order valence-corrected chi connectivity index (χ4v) is 2.12. The molecule has 0 atom stereocenters. The predicted molar refractivity (Wildman–Crippen MR) is 75.3 cm³/mol. The number of amides is 2. The number of rotatable bonds is 4. The third-order valence-corrected chi connectivity index (χ3v) is 3.37. The van der Waals surface area contributed by atoms with E-state index >= 15 is 0 Å². The van der Waals surface area contributed by atoms with Crippen molar-refractivity contribution in [3.05, 3.63) is 29.3 Å². The number of hydrogen-bond acceptors (Lipinski definition) is 2. The van der Waals surface area contributed by atoms with E-state index < -0.39 is 0 Å². The standard InChI is InChI=1S/C15H20N2O2/c1-10(2)4-7-14(18)11-5-6-13-12(8-11)9-17(3)15(19)16-13/h5-6,8,10H,4,7,9H2,1-3H3,(H,16,19). The second-order valence-electron chi connectivity index (χ2n) is 5.51. The summed E-state index contributed by atoms with van der Waals surface area (Å²) in [5, 5.41) is 2.80. The molecule has 1 aliphatic rings. The molecule has 1 aromatic rings. The second kappa shape index (κ2) is 5.43. The molecule has 1 aromatic carbocycles. The van der Waals surface area contributed by atoms with Gasteiger partial charge in [-0.15, -0.1) is 0 Å². The minimum Gasteiger partial charge on any atom is -0.323 e. The minimum atomic E-state index is -0.105. The number of ketones is 1.